The van der Waals surface area contributed by atoms with Crippen molar-refractivity contribution < 1.29 is 19.1 Å². The van der Waals surface area contributed by atoms with Crippen molar-refractivity contribution in [3.8, 4) is 0 Å². The number of hydrogen-bond donors (Lipinski definition) is 1. The monoisotopic (exact) mass is 257 g/mol. The zero-order valence-electron chi connectivity index (χ0n) is 11.7. The summed E-state index contributed by atoms with van der Waals surface area (Å²) >= 11 is 0. The molecular weight excluding hydrogens is 234 g/mol. The van der Waals surface area contributed by atoms with E-state index in [0.717, 1.165) is 0 Å². The molecule has 5 heteroatoms. The highest BCUT2D eigenvalue weighted by atomic mass is 16.5. The number of esters is 1. The van der Waals surface area contributed by atoms with Gasteiger partial charge in [0.2, 0.25) is 0 Å². The maximum Gasteiger partial charge on any atom is 0.407 e. The van der Waals surface area contributed by atoms with Crippen LogP contribution in [0, 0.1) is 11.8 Å². The minimum Gasteiger partial charge on any atom is -0.469 e. The average molecular weight is 257 g/mol. The van der Waals surface area contributed by atoms with Crippen molar-refractivity contribution in [2.75, 3.05) is 14.2 Å². The van der Waals surface area contributed by atoms with Gasteiger partial charge in [0, 0.05) is 6.04 Å². The molecule has 0 saturated carbocycles. The number of rotatable bonds is 6. The van der Waals surface area contributed by atoms with E-state index < -0.39 is 6.09 Å². The molecular formula is C13H23NO4. The number of hydrogen-bond acceptors (Lipinski definition) is 4. The molecule has 0 aromatic rings. The van der Waals surface area contributed by atoms with Crippen LogP contribution < -0.4 is 5.32 Å². The summed E-state index contributed by atoms with van der Waals surface area (Å²) in [5.74, 6) is 0.0936. The Morgan fingerprint density at radius 2 is 1.78 bits per heavy atom. The summed E-state index contributed by atoms with van der Waals surface area (Å²) in [4.78, 5) is 22.2. The molecule has 0 aromatic carbocycles. The molecule has 1 amide bonds. The van der Waals surface area contributed by atoms with Gasteiger partial charge in [-0.15, -0.1) is 0 Å². The molecule has 18 heavy (non-hydrogen) atoms. The fourth-order valence-electron chi connectivity index (χ4n) is 1.68. The Morgan fingerprint density at radius 3 is 2.22 bits per heavy atom. The van der Waals surface area contributed by atoms with E-state index in [0.29, 0.717) is 0 Å². The Bertz CT molecular complexity index is 299. The Morgan fingerprint density at radius 1 is 1.17 bits per heavy atom. The highest BCUT2D eigenvalue weighted by molar-refractivity contribution is 5.70. The third kappa shape index (κ3) is 6.27. The maximum atomic E-state index is 11.2. The molecule has 0 rings (SSSR count). The summed E-state index contributed by atoms with van der Waals surface area (Å²) in [5, 5.41) is 2.79. The Labute approximate surface area is 109 Å². The quantitative estimate of drug-likeness (QED) is 0.584. The second kappa shape index (κ2) is 8.55. The molecule has 0 heterocycles. The van der Waals surface area contributed by atoms with Gasteiger partial charge in [-0.3, -0.25) is 4.79 Å². The molecule has 0 bridgehead atoms. The van der Waals surface area contributed by atoms with E-state index >= 15 is 0 Å². The predicted molar refractivity (Wildman–Crippen MR) is 69.1 cm³/mol. The Balaban J connectivity index is 4.43. The molecule has 0 fully saturated rings. The van der Waals surface area contributed by atoms with E-state index in [1.54, 1.807) is 6.08 Å². The Hall–Kier alpha value is -1.52. The van der Waals surface area contributed by atoms with Crippen LogP contribution in [-0.4, -0.2) is 32.3 Å². The first-order chi connectivity index (χ1) is 8.42. The van der Waals surface area contributed by atoms with Crippen molar-refractivity contribution in [2.45, 2.75) is 33.2 Å². The summed E-state index contributed by atoms with van der Waals surface area (Å²) in [6.45, 7) is 6.02. The first-order valence-corrected chi connectivity index (χ1v) is 6.00. The predicted octanol–water partition coefficient (Wildman–Crippen LogP) is 2.12. The molecule has 0 aromatic heterocycles. The van der Waals surface area contributed by atoms with E-state index in [1.807, 2.05) is 26.8 Å². The zero-order chi connectivity index (χ0) is 14.1. The van der Waals surface area contributed by atoms with Gasteiger partial charge < -0.3 is 14.8 Å². The molecule has 0 saturated heterocycles. The zero-order valence-corrected chi connectivity index (χ0v) is 11.7. The van der Waals surface area contributed by atoms with Gasteiger partial charge in [0.15, 0.2) is 0 Å². The molecule has 0 spiro atoms. The number of carbonyl (C=O) groups excluding carboxylic acids is 2. The highest BCUT2D eigenvalue weighted by Gasteiger charge is 2.21. The lowest BCUT2D eigenvalue weighted by Gasteiger charge is -2.25. The normalized spacial score (nSPS) is 14.3. The summed E-state index contributed by atoms with van der Waals surface area (Å²) in [6.07, 6.45) is 3.45. The van der Waals surface area contributed by atoms with Crippen molar-refractivity contribution in [1.29, 1.82) is 0 Å². The Kier molecular flexibility index (Phi) is 7.83. The molecule has 0 unspecified atom stereocenters. The SMILES string of the molecule is COC(=O)C/C=C/[C@H](C)[C@@H](NC(=O)OC)C(C)C. The van der Waals surface area contributed by atoms with Crippen LogP contribution in [0.15, 0.2) is 12.2 Å². The first kappa shape index (κ1) is 16.5. The lowest BCUT2D eigenvalue weighted by atomic mass is 9.91. The number of carbonyl (C=O) groups is 2. The van der Waals surface area contributed by atoms with E-state index in [2.05, 4.69) is 14.8 Å². The lowest BCUT2D eigenvalue weighted by molar-refractivity contribution is -0.139. The smallest absolute Gasteiger partial charge is 0.407 e. The average Bonchev–Trinajstić information content (AvgIpc) is 2.34. The minimum atomic E-state index is -0.443. The first-order valence-electron chi connectivity index (χ1n) is 6.00. The fourth-order valence-corrected chi connectivity index (χ4v) is 1.68. The molecule has 0 aliphatic heterocycles. The number of methoxy groups -OCH3 is 2. The summed E-state index contributed by atoms with van der Waals surface area (Å²) in [5.41, 5.74) is 0. The topological polar surface area (TPSA) is 64.6 Å². The van der Waals surface area contributed by atoms with E-state index in [4.69, 9.17) is 0 Å². The van der Waals surface area contributed by atoms with E-state index in [-0.39, 0.29) is 30.3 Å². The number of ether oxygens (including phenoxy) is 2. The molecule has 0 aliphatic rings. The summed E-state index contributed by atoms with van der Waals surface area (Å²) in [7, 11) is 2.69. The molecule has 5 nitrogen and oxygen atoms in total. The number of alkyl carbamates (subject to hydrolysis) is 1. The van der Waals surface area contributed by atoms with Gasteiger partial charge in [0.25, 0.3) is 0 Å². The van der Waals surface area contributed by atoms with Crippen molar-refractivity contribution >= 4 is 12.1 Å². The lowest BCUT2D eigenvalue weighted by Crippen LogP contribution is -2.42. The van der Waals surface area contributed by atoms with Crippen LogP contribution in [0.25, 0.3) is 0 Å². The van der Waals surface area contributed by atoms with Crippen LogP contribution in [0.2, 0.25) is 0 Å². The summed E-state index contributed by atoms with van der Waals surface area (Å²) in [6, 6.07) is -0.0358. The number of amides is 1. The van der Waals surface area contributed by atoms with Crippen LogP contribution in [0.3, 0.4) is 0 Å². The third-order valence-electron chi connectivity index (χ3n) is 2.71. The number of nitrogens with one attached hydrogen (secondary N) is 1. The standard InChI is InChI=1S/C13H23NO4/c1-9(2)12(14-13(16)18-5)10(3)7-6-8-11(15)17-4/h6-7,9-10,12H,8H2,1-5H3,(H,14,16)/b7-6+/t10-,12-/m0/s1. The van der Waals surface area contributed by atoms with Gasteiger partial charge in [-0.05, 0) is 11.8 Å². The van der Waals surface area contributed by atoms with Crippen LogP contribution in [0.4, 0.5) is 4.79 Å². The molecule has 104 valence electrons. The summed E-state index contributed by atoms with van der Waals surface area (Å²) < 4.78 is 9.13. The largest absolute Gasteiger partial charge is 0.469 e. The van der Waals surface area contributed by atoms with Crippen molar-refractivity contribution in [3.63, 3.8) is 0 Å². The van der Waals surface area contributed by atoms with Crippen molar-refractivity contribution in [1.82, 2.24) is 5.32 Å². The van der Waals surface area contributed by atoms with E-state index in [9.17, 15) is 9.59 Å². The molecule has 0 aliphatic carbocycles. The fraction of sp³-hybridized carbons (Fsp3) is 0.692. The third-order valence-corrected chi connectivity index (χ3v) is 2.71. The highest BCUT2D eigenvalue weighted by Crippen LogP contribution is 2.14. The van der Waals surface area contributed by atoms with Gasteiger partial charge in [-0.25, -0.2) is 4.79 Å². The van der Waals surface area contributed by atoms with Gasteiger partial charge in [0.1, 0.15) is 0 Å². The van der Waals surface area contributed by atoms with Gasteiger partial charge in [-0.1, -0.05) is 32.9 Å². The molecule has 0 radical (unpaired) electrons. The van der Waals surface area contributed by atoms with Crippen LogP contribution in [-0.2, 0) is 14.3 Å². The van der Waals surface area contributed by atoms with E-state index in [1.165, 1.54) is 14.2 Å². The maximum absolute atomic E-state index is 11.2. The van der Waals surface area contributed by atoms with Crippen LogP contribution in [0.5, 0.6) is 0 Å². The van der Waals surface area contributed by atoms with Crippen molar-refractivity contribution in [3.05, 3.63) is 12.2 Å². The van der Waals surface area contributed by atoms with Crippen LogP contribution in [0.1, 0.15) is 27.2 Å². The van der Waals surface area contributed by atoms with Gasteiger partial charge >= 0.3 is 12.1 Å². The molecule has 1 N–H and O–H groups in total. The van der Waals surface area contributed by atoms with Crippen molar-refractivity contribution in [2.24, 2.45) is 11.8 Å². The minimum absolute atomic E-state index is 0.0358. The molecule has 2 atom stereocenters. The van der Waals surface area contributed by atoms with Crippen LogP contribution >= 0.6 is 0 Å². The second-order valence-corrected chi connectivity index (χ2v) is 4.47. The van der Waals surface area contributed by atoms with Gasteiger partial charge in [0.05, 0.1) is 20.6 Å². The second-order valence-electron chi connectivity index (χ2n) is 4.47. The van der Waals surface area contributed by atoms with Gasteiger partial charge in [-0.2, -0.15) is 0 Å².